The van der Waals surface area contributed by atoms with Gasteiger partial charge in [-0.1, -0.05) is 12.1 Å². The number of nitrogens with two attached hydrogens (primary N) is 1. The Morgan fingerprint density at radius 2 is 2.03 bits per heavy atom. The molecule has 1 aliphatic heterocycles. The number of hydrogen-bond acceptors (Lipinski definition) is 6. The van der Waals surface area contributed by atoms with Gasteiger partial charge in [0.25, 0.3) is 5.91 Å². The Hall–Kier alpha value is -3.42. The van der Waals surface area contributed by atoms with Crippen LogP contribution in [0.2, 0.25) is 0 Å². The molecule has 1 atom stereocenters. The first-order valence-corrected chi connectivity index (χ1v) is 9.60. The number of benzene rings is 1. The lowest BCUT2D eigenvalue weighted by Crippen LogP contribution is -2.39. The Balaban J connectivity index is 1.63. The van der Waals surface area contributed by atoms with Crippen LogP contribution in [0, 0.1) is 0 Å². The Morgan fingerprint density at radius 3 is 2.72 bits per heavy atom. The van der Waals surface area contributed by atoms with Crippen LogP contribution in [0.25, 0.3) is 11.1 Å². The molecular formula is C21H24N6O2. The number of piperidine rings is 1. The fourth-order valence-corrected chi connectivity index (χ4v) is 3.81. The second-order valence-corrected chi connectivity index (χ2v) is 7.25. The number of aromatic nitrogens is 4. The third-order valence-corrected chi connectivity index (χ3v) is 5.29. The molecule has 0 spiro atoms. The van der Waals surface area contributed by atoms with Crippen molar-refractivity contribution >= 4 is 11.9 Å². The fourth-order valence-electron chi connectivity index (χ4n) is 3.81. The van der Waals surface area contributed by atoms with Crippen LogP contribution in [0.4, 0.5) is 5.95 Å². The molecule has 3 heterocycles. The summed E-state index contributed by atoms with van der Waals surface area (Å²) in [5, 5.41) is 4.11. The maximum atomic E-state index is 12.9. The van der Waals surface area contributed by atoms with E-state index in [9.17, 15) is 4.79 Å². The summed E-state index contributed by atoms with van der Waals surface area (Å²) in [4.78, 5) is 23.5. The van der Waals surface area contributed by atoms with Gasteiger partial charge in [-0.15, -0.1) is 0 Å². The van der Waals surface area contributed by atoms with Crippen molar-refractivity contribution in [1.82, 2.24) is 24.6 Å². The number of nitrogen functional groups attached to an aromatic ring is 1. The van der Waals surface area contributed by atoms with E-state index in [4.69, 9.17) is 10.5 Å². The van der Waals surface area contributed by atoms with Crippen LogP contribution in [-0.4, -0.2) is 50.8 Å². The molecule has 2 aromatic heterocycles. The Labute approximate surface area is 169 Å². The number of nitrogens with zero attached hydrogens (tertiary/aromatic N) is 5. The molecule has 1 amide bonds. The van der Waals surface area contributed by atoms with Crippen molar-refractivity contribution in [1.29, 1.82) is 0 Å². The van der Waals surface area contributed by atoms with Crippen LogP contribution < -0.4 is 10.5 Å². The highest BCUT2D eigenvalue weighted by Gasteiger charge is 2.29. The topological polar surface area (TPSA) is 99.2 Å². The molecule has 0 radical (unpaired) electrons. The van der Waals surface area contributed by atoms with Crippen molar-refractivity contribution < 1.29 is 9.53 Å². The molecule has 0 aliphatic carbocycles. The van der Waals surface area contributed by atoms with E-state index in [2.05, 4.69) is 15.1 Å². The maximum Gasteiger partial charge on any atom is 0.257 e. The summed E-state index contributed by atoms with van der Waals surface area (Å²) in [6, 6.07) is 7.79. The fraction of sp³-hybridized carbons (Fsp3) is 0.333. The molecule has 150 valence electrons. The van der Waals surface area contributed by atoms with Crippen LogP contribution in [-0.2, 0) is 7.05 Å². The van der Waals surface area contributed by atoms with E-state index < -0.39 is 0 Å². The highest BCUT2D eigenvalue weighted by molar-refractivity contribution is 5.93. The van der Waals surface area contributed by atoms with Gasteiger partial charge >= 0.3 is 0 Å². The lowest BCUT2D eigenvalue weighted by Gasteiger charge is -2.33. The monoisotopic (exact) mass is 392 g/mol. The van der Waals surface area contributed by atoms with E-state index in [1.54, 1.807) is 37.4 Å². The number of methoxy groups -OCH3 is 1. The average molecular weight is 392 g/mol. The molecule has 0 saturated carbocycles. The predicted octanol–water partition coefficient (Wildman–Crippen LogP) is 2.49. The lowest BCUT2D eigenvalue weighted by molar-refractivity contribution is 0.0706. The van der Waals surface area contributed by atoms with E-state index >= 15 is 0 Å². The number of ether oxygens (including phenoxy) is 1. The Morgan fingerprint density at radius 1 is 1.24 bits per heavy atom. The summed E-state index contributed by atoms with van der Waals surface area (Å²) in [5.41, 5.74) is 9.33. The first kappa shape index (κ1) is 18.9. The number of carbonyl (C=O) groups excluding carboxylic acids is 1. The van der Waals surface area contributed by atoms with Gasteiger partial charge < -0.3 is 15.4 Å². The average Bonchev–Trinajstić information content (AvgIpc) is 3.19. The predicted molar refractivity (Wildman–Crippen MR) is 110 cm³/mol. The van der Waals surface area contributed by atoms with Gasteiger partial charge in [0.2, 0.25) is 5.95 Å². The van der Waals surface area contributed by atoms with Crippen molar-refractivity contribution in [2.45, 2.75) is 18.8 Å². The molecule has 1 aromatic carbocycles. The Kier molecular flexibility index (Phi) is 5.16. The summed E-state index contributed by atoms with van der Waals surface area (Å²) in [7, 11) is 3.45. The van der Waals surface area contributed by atoms with E-state index in [0.717, 1.165) is 42.0 Å². The zero-order valence-electron chi connectivity index (χ0n) is 16.6. The van der Waals surface area contributed by atoms with Crippen LogP contribution in [0.3, 0.4) is 0 Å². The SMILES string of the molecule is COc1ccc(-c2cnc(N)nc2[C@@H]2CCCN(C(=O)c3cnn(C)c3)C2)cc1. The molecule has 1 fully saturated rings. The quantitative estimate of drug-likeness (QED) is 0.732. The standard InChI is InChI=1S/C21H24N6O2/c1-26-12-16(10-24-26)20(28)27-9-3-4-15(13-27)19-18(11-23-21(22)25-19)14-5-7-17(29-2)8-6-14/h5-8,10-12,15H,3-4,9,13H2,1-2H3,(H2,22,23,25)/t15-/m1/s1. The number of rotatable bonds is 4. The molecule has 8 heteroatoms. The Bertz CT molecular complexity index is 1010. The number of likely N-dealkylation sites (tertiary alicyclic amines) is 1. The van der Waals surface area contributed by atoms with Crippen molar-refractivity contribution in [3.63, 3.8) is 0 Å². The molecule has 2 N–H and O–H groups in total. The zero-order valence-corrected chi connectivity index (χ0v) is 16.6. The van der Waals surface area contributed by atoms with Gasteiger partial charge in [-0.3, -0.25) is 9.48 Å². The van der Waals surface area contributed by atoms with Crippen molar-refractivity contribution in [2.24, 2.45) is 7.05 Å². The highest BCUT2D eigenvalue weighted by Crippen LogP contribution is 2.34. The second-order valence-electron chi connectivity index (χ2n) is 7.25. The number of amides is 1. The van der Waals surface area contributed by atoms with E-state index in [1.165, 1.54) is 0 Å². The van der Waals surface area contributed by atoms with Gasteiger partial charge in [0, 0.05) is 44.0 Å². The smallest absolute Gasteiger partial charge is 0.257 e. The van der Waals surface area contributed by atoms with E-state index in [-0.39, 0.29) is 17.8 Å². The first-order chi connectivity index (χ1) is 14.0. The minimum atomic E-state index is -0.00387. The van der Waals surface area contributed by atoms with Crippen molar-refractivity contribution in [3.8, 4) is 16.9 Å². The van der Waals surface area contributed by atoms with Gasteiger partial charge in [-0.25, -0.2) is 9.97 Å². The van der Waals surface area contributed by atoms with E-state index in [1.807, 2.05) is 29.2 Å². The van der Waals surface area contributed by atoms with Crippen LogP contribution in [0.1, 0.15) is 34.8 Å². The number of anilines is 1. The molecule has 0 unspecified atom stereocenters. The minimum absolute atomic E-state index is 0.00387. The first-order valence-electron chi connectivity index (χ1n) is 9.60. The summed E-state index contributed by atoms with van der Waals surface area (Å²) >= 11 is 0. The van der Waals surface area contributed by atoms with E-state index in [0.29, 0.717) is 12.1 Å². The third kappa shape index (κ3) is 3.91. The summed E-state index contributed by atoms with van der Waals surface area (Å²) in [5.74, 6) is 1.12. The molecule has 4 rings (SSSR count). The van der Waals surface area contributed by atoms with Gasteiger partial charge in [0.15, 0.2) is 0 Å². The molecule has 3 aromatic rings. The number of aryl methyl sites for hydroxylation is 1. The van der Waals surface area contributed by atoms with Crippen molar-refractivity contribution in [2.75, 3.05) is 25.9 Å². The number of carbonyl (C=O) groups is 1. The van der Waals surface area contributed by atoms with Gasteiger partial charge in [0.05, 0.1) is 24.6 Å². The summed E-state index contributed by atoms with van der Waals surface area (Å²) in [6.45, 7) is 1.32. The lowest BCUT2D eigenvalue weighted by atomic mass is 9.89. The molecule has 29 heavy (non-hydrogen) atoms. The summed E-state index contributed by atoms with van der Waals surface area (Å²) in [6.07, 6.45) is 6.97. The molecular weight excluding hydrogens is 368 g/mol. The maximum absolute atomic E-state index is 12.9. The molecule has 1 saturated heterocycles. The van der Waals surface area contributed by atoms with Crippen LogP contribution in [0.15, 0.2) is 42.9 Å². The molecule has 8 nitrogen and oxygen atoms in total. The number of hydrogen-bond donors (Lipinski definition) is 1. The molecule has 0 bridgehead atoms. The second kappa shape index (κ2) is 7.90. The normalized spacial score (nSPS) is 16.6. The largest absolute Gasteiger partial charge is 0.497 e. The van der Waals surface area contributed by atoms with Crippen molar-refractivity contribution in [3.05, 3.63) is 54.1 Å². The van der Waals surface area contributed by atoms with Gasteiger partial charge in [-0.2, -0.15) is 5.10 Å². The zero-order chi connectivity index (χ0) is 20.4. The van der Waals surface area contributed by atoms with Gasteiger partial charge in [0.1, 0.15) is 5.75 Å². The highest BCUT2D eigenvalue weighted by atomic mass is 16.5. The summed E-state index contributed by atoms with van der Waals surface area (Å²) < 4.78 is 6.89. The molecule has 1 aliphatic rings. The van der Waals surface area contributed by atoms with Crippen LogP contribution >= 0.6 is 0 Å². The van der Waals surface area contributed by atoms with Gasteiger partial charge in [-0.05, 0) is 30.5 Å². The van der Waals surface area contributed by atoms with Crippen LogP contribution in [0.5, 0.6) is 5.75 Å². The minimum Gasteiger partial charge on any atom is -0.497 e. The third-order valence-electron chi connectivity index (χ3n) is 5.29.